The number of amidine groups is 2. The average molecular weight is 1230 g/mol. The molecule has 0 aliphatic rings. The van der Waals surface area contributed by atoms with Gasteiger partial charge in [0.15, 0.2) is 11.9 Å². The van der Waals surface area contributed by atoms with Crippen LogP contribution >= 0.6 is 0 Å². The summed E-state index contributed by atoms with van der Waals surface area (Å²) in [6, 6.07) is 67.8. The monoisotopic (exact) mass is 1230 g/mol. The molecule has 0 heterocycles. The van der Waals surface area contributed by atoms with Crippen LogP contribution in [0, 0.1) is 10.8 Å². The topological polar surface area (TPSA) is 516 Å². The van der Waals surface area contributed by atoms with Gasteiger partial charge in [0.25, 0.3) is 23.9 Å². The first-order valence-electron chi connectivity index (χ1n) is 25.6. The average Bonchev–Trinajstić information content (AvgIpc) is 3.65. The molecule has 0 amide bonds. The molecule has 0 saturated carbocycles. The van der Waals surface area contributed by atoms with E-state index in [0.29, 0.717) is 23.2 Å². The molecule has 25 nitrogen and oxygen atoms in total. The van der Waals surface area contributed by atoms with Crippen molar-refractivity contribution in [2.45, 2.75) is 48.5 Å². The number of para-hydroxylation sites is 1. The zero-order valence-corrected chi connectivity index (χ0v) is 50.9. The van der Waals surface area contributed by atoms with Crippen molar-refractivity contribution in [3.8, 4) is 0 Å². The third-order valence-corrected chi connectivity index (χ3v) is 7.78. The number of aliphatic carboxylic acids is 4. The van der Waals surface area contributed by atoms with Gasteiger partial charge in [0.2, 0.25) is 0 Å². The van der Waals surface area contributed by atoms with E-state index in [2.05, 4.69) is 107 Å². The zero-order chi connectivity index (χ0) is 69.5. The molecule has 0 atom stereocenters. The summed E-state index contributed by atoms with van der Waals surface area (Å²) in [6.07, 6.45) is 0. The Morgan fingerprint density at radius 2 is 0.483 bits per heavy atom. The number of hydrogen-bond donors (Lipinski definition) is 16. The van der Waals surface area contributed by atoms with Gasteiger partial charge in [0.1, 0.15) is 0 Å². The Balaban J connectivity index is -0.000000212. The van der Waals surface area contributed by atoms with Gasteiger partial charge in [-0.15, -0.1) is 0 Å². The number of carboxylic acid groups (broad SMARTS) is 7. The SMILES string of the molecule is CC(=N)N.CC(=N)N.CC(=O)O.CC(=O)O.CC(=O)O.CC(=O)O.CCN=C(N)N.CN=C(N)N.Nc1ccccc1.O=C(O)c1ccccc1.O=C(O)c1ccccc1.O=C(O)c1ccccc1.c1ccc2ccccc2c1.c1ccc2ccccc2c1. The maximum atomic E-state index is 10.2. The first-order chi connectivity index (χ1) is 41.7. The molecule has 8 aromatic rings. The van der Waals surface area contributed by atoms with Crippen molar-refractivity contribution in [2.75, 3.05) is 19.3 Å². The third kappa shape index (κ3) is 77.9. The molecular formula is C64H85N11O14. The lowest BCUT2D eigenvalue weighted by atomic mass is 10.1. The predicted molar refractivity (Wildman–Crippen MR) is 355 cm³/mol. The molecule has 0 aromatic heterocycles. The molecule has 0 fully saturated rings. The molecule has 0 aliphatic carbocycles. The number of hydrogen-bond acceptors (Lipinski definition) is 12. The molecule has 0 unspecified atom stereocenters. The fraction of sp³-hybridized carbons (Fsp3) is 0.141. The highest BCUT2D eigenvalue weighted by molar-refractivity contribution is 5.88. The Morgan fingerprint density at radius 3 is 0.562 bits per heavy atom. The maximum absolute atomic E-state index is 10.2. The van der Waals surface area contributed by atoms with Gasteiger partial charge in [-0.1, -0.05) is 170 Å². The Morgan fingerprint density at radius 1 is 0.337 bits per heavy atom. The van der Waals surface area contributed by atoms with E-state index in [4.69, 9.17) is 106 Å². The fourth-order valence-corrected chi connectivity index (χ4v) is 4.64. The van der Waals surface area contributed by atoms with Crippen LogP contribution in [-0.2, 0) is 19.2 Å². The Hall–Kier alpha value is -12.2. The van der Waals surface area contributed by atoms with E-state index in [1.165, 1.54) is 42.4 Å². The van der Waals surface area contributed by atoms with Gasteiger partial charge in [-0.25, -0.2) is 14.4 Å². The molecular weight excluding hydrogens is 1150 g/mol. The number of nitrogens with one attached hydrogen (secondary N) is 2. The Kier molecular flexibility index (Phi) is 59.8. The van der Waals surface area contributed by atoms with Crippen molar-refractivity contribution < 1.29 is 69.3 Å². The second-order valence-electron chi connectivity index (χ2n) is 16.1. The van der Waals surface area contributed by atoms with Crippen LogP contribution in [0.1, 0.15) is 79.5 Å². The molecule has 8 aromatic carbocycles. The summed E-state index contributed by atoms with van der Waals surface area (Å²) in [5.74, 6) is -5.34. The minimum absolute atomic E-state index is 0.130. The normalized spacial score (nSPS) is 8.18. The van der Waals surface area contributed by atoms with Crippen molar-refractivity contribution in [3.05, 3.63) is 235 Å². The van der Waals surface area contributed by atoms with Gasteiger partial charge in [-0.05, 0) is 90.8 Å². The quantitative estimate of drug-likeness (QED) is 0.0443. The molecule has 23 N–H and O–H groups in total. The van der Waals surface area contributed by atoms with Gasteiger partial charge >= 0.3 is 17.9 Å². The number of guanidine groups is 2. The van der Waals surface area contributed by atoms with E-state index in [0.717, 1.165) is 33.4 Å². The summed E-state index contributed by atoms with van der Waals surface area (Å²) < 4.78 is 0. The van der Waals surface area contributed by atoms with Crippen LogP contribution in [0.15, 0.2) is 228 Å². The van der Waals surface area contributed by atoms with Crippen molar-refractivity contribution in [2.24, 2.45) is 44.4 Å². The van der Waals surface area contributed by atoms with Crippen LogP contribution in [0.25, 0.3) is 21.5 Å². The van der Waals surface area contributed by atoms with E-state index in [1.54, 1.807) is 91.0 Å². The van der Waals surface area contributed by atoms with Gasteiger partial charge in [-0.3, -0.25) is 40.0 Å². The third-order valence-electron chi connectivity index (χ3n) is 7.78. The van der Waals surface area contributed by atoms with Crippen molar-refractivity contribution in [1.82, 2.24) is 0 Å². The number of fused-ring (bicyclic) bond motifs is 2. The molecule has 0 bridgehead atoms. The van der Waals surface area contributed by atoms with Crippen LogP contribution in [0.4, 0.5) is 5.69 Å². The predicted octanol–water partition coefficient (Wildman–Crippen LogP) is 9.52. The van der Waals surface area contributed by atoms with Crippen LogP contribution < -0.4 is 40.1 Å². The second-order valence-corrected chi connectivity index (χ2v) is 16.1. The molecule has 0 aliphatic heterocycles. The minimum Gasteiger partial charge on any atom is -0.481 e. The smallest absolute Gasteiger partial charge is 0.335 e. The summed E-state index contributed by atoms with van der Waals surface area (Å²) in [5, 5.41) is 72.6. The van der Waals surface area contributed by atoms with Crippen molar-refractivity contribution in [1.29, 1.82) is 10.8 Å². The number of nitrogens with zero attached hydrogens (tertiary/aromatic N) is 2. The number of nitrogens with two attached hydrogens (primary N) is 7. The lowest BCUT2D eigenvalue weighted by Crippen LogP contribution is -2.22. The number of carboxylic acids is 7. The molecule has 0 radical (unpaired) electrons. The summed E-state index contributed by atoms with van der Waals surface area (Å²) in [5.41, 5.74) is 36.1. The maximum Gasteiger partial charge on any atom is 0.335 e. The summed E-state index contributed by atoms with van der Waals surface area (Å²) in [6.45, 7) is 9.93. The van der Waals surface area contributed by atoms with E-state index in [-0.39, 0.29) is 23.6 Å². The number of carbonyl (C=O) groups is 7. The standard InChI is InChI=1S/2C10H8.3C7H6O2.C6H7N.C3H9N3.C2H7N3.2C2H6N2.4C2H4O2/c2*1-2-6-10-8-4-3-7-9(10)5-1;3*8-7(9)6-4-2-1-3-5-6;7-6-4-2-1-3-5-6;1-2-6-3(4)5;1-5-2(3)4;6*1-2(3)4/h2*1-8H;3*1-5H,(H,8,9);1-5H,7H2;2H2,1H3,(H4,4,5,6);1H3,(H4,3,4,5);2*1H3,(H3,3,4);4*1H3,(H,3,4). The molecule has 8 rings (SSSR count). The van der Waals surface area contributed by atoms with Crippen LogP contribution in [0.3, 0.4) is 0 Å². The van der Waals surface area contributed by atoms with Crippen LogP contribution in [0.5, 0.6) is 0 Å². The highest BCUT2D eigenvalue weighted by Gasteiger charge is 1.98. The van der Waals surface area contributed by atoms with Crippen LogP contribution in [0.2, 0.25) is 0 Å². The number of aromatic carboxylic acids is 3. The second kappa shape index (κ2) is 60.4. The minimum atomic E-state index is -0.879. The molecule has 0 spiro atoms. The highest BCUT2D eigenvalue weighted by atomic mass is 16.4. The first-order valence-corrected chi connectivity index (χ1v) is 25.6. The van der Waals surface area contributed by atoms with Gasteiger partial charge < -0.3 is 75.9 Å². The van der Waals surface area contributed by atoms with Gasteiger partial charge in [0.05, 0.1) is 28.4 Å². The van der Waals surface area contributed by atoms with Crippen molar-refractivity contribution >= 4 is 92.6 Å². The molecule has 0 saturated heterocycles. The van der Waals surface area contributed by atoms with E-state index >= 15 is 0 Å². The number of benzene rings is 8. The van der Waals surface area contributed by atoms with Crippen molar-refractivity contribution in [3.63, 3.8) is 0 Å². The number of anilines is 1. The number of nitrogen functional groups attached to an aromatic ring is 1. The summed E-state index contributed by atoms with van der Waals surface area (Å²) >= 11 is 0. The Labute approximate surface area is 518 Å². The summed E-state index contributed by atoms with van der Waals surface area (Å²) in [4.78, 5) is 73.6. The van der Waals surface area contributed by atoms with E-state index < -0.39 is 41.8 Å². The fourth-order valence-electron chi connectivity index (χ4n) is 4.64. The van der Waals surface area contributed by atoms with E-state index in [9.17, 15) is 14.4 Å². The number of rotatable bonds is 4. The molecule has 89 heavy (non-hydrogen) atoms. The Bertz CT molecular complexity index is 2810. The van der Waals surface area contributed by atoms with E-state index in [1.807, 2.05) is 37.3 Å². The summed E-state index contributed by atoms with van der Waals surface area (Å²) in [7, 11) is 1.54. The van der Waals surface area contributed by atoms with Gasteiger partial charge in [0, 0.05) is 47.0 Å². The molecule has 25 heteroatoms. The lowest BCUT2D eigenvalue weighted by Gasteiger charge is -1.92. The zero-order valence-electron chi connectivity index (χ0n) is 50.9. The van der Waals surface area contributed by atoms with Crippen LogP contribution in [-0.4, -0.2) is 115 Å². The lowest BCUT2D eigenvalue weighted by molar-refractivity contribution is -0.135. The first kappa shape index (κ1) is 88.1. The van der Waals surface area contributed by atoms with Gasteiger partial charge in [-0.2, -0.15) is 0 Å². The molecule has 480 valence electrons. The number of aliphatic imine (C=N–C) groups is 2. The largest absolute Gasteiger partial charge is 0.481 e. The highest BCUT2D eigenvalue weighted by Crippen LogP contribution is 2.12.